The lowest BCUT2D eigenvalue weighted by atomic mass is 9.89. The van der Waals surface area contributed by atoms with Gasteiger partial charge in [0.15, 0.2) is 0 Å². The number of hydrogen-bond acceptors (Lipinski definition) is 1. The minimum Gasteiger partial charge on any atom is -0.349 e. The van der Waals surface area contributed by atoms with Gasteiger partial charge in [-0.05, 0) is 60.8 Å². The molecule has 20 heavy (non-hydrogen) atoms. The Kier molecular flexibility index (Phi) is 4.85. The predicted molar refractivity (Wildman–Crippen MR) is 84.0 cm³/mol. The van der Waals surface area contributed by atoms with Crippen LogP contribution in [-0.4, -0.2) is 11.9 Å². The summed E-state index contributed by atoms with van der Waals surface area (Å²) < 4.78 is 0. The highest BCUT2D eigenvalue weighted by Crippen LogP contribution is 2.22. The fourth-order valence-electron chi connectivity index (χ4n) is 3.21. The molecule has 1 aromatic carbocycles. The molecular formula is C18H27NO. The smallest absolute Gasteiger partial charge is 0.251 e. The third-order valence-electron chi connectivity index (χ3n) is 4.34. The number of carbonyl (C=O) groups excluding carboxylic acids is 1. The highest BCUT2D eigenvalue weighted by molar-refractivity contribution is 5.94. The Labute approximate surface area is 123 Å². The Balaban J connectivity index is 2.13. The summed E-state index contributed by atoms with van der Waals surface area (Å²) >= 11 is 0. The van der Waals surface area contributed by atoms with Crippen LogP contribution in [-0.2, 0) is 12.8 Å². The zero-order valence-corrected chi connectivity index (χ0v) is 13.2. The summed E-state index contributed by atoms with van der Waals surface area (Å²) in [4.78, 5) is 12.4. The van der Waals surface area contributed by atoms with E-state index in [0.717, 1.165) is 18.4 Å². The van der Waals surface area contributed by atoms with Gasteiger partial charge in [-0.2, -0.15) is 0 Å². The second-order valence-corrected chi connectivity index (χ2v) is 6.68. The number of benzene rings is 1. The molecule has 1 amide bonds. The van der Waals surface area contributed by atoms with Crippen molar-refractivity contribution < 1.29 is 4.79 Å². The topological polar surface area (TPSA) is 29.1 Å². The first-order valence-corrected chi connectivity index (χ1v) is 7.91. The molecule has 2 rings (SSSR count). The number of aryl methyl sites for hydroxylation is 2. The third kappa shape index (κ3) is 3.41. The van der Waals surface area contributed by atoms with E-state index in [1.807, 2.05) is 6.07 Å². The van der Waals surface area contributed by atoms with Crippen molar-refractivity contribution in [2.45, 2.75) is 59.4 Å². The highest BCUT2D eigenvalue weighted by Gasteiger charge is 2.21. The molecular weight excluding hydrogens is 246 g/mol. The van der Waals surface area contributed by atoms with E-state index in [-0.39, 0.29) is 11.9 Å². The van der Waals surface area contributed by atoms with Crippen LogP contribution in [0, 0.1) is 11.8 Å². The van der Waals surface area contributed by atoms with Gasteiger partial charge in [-0.1, -0.05) is 33.8 Å². The van der Waals surface area contributed by atoms with Crippen LogP contribution in [0.25, 0.3) is 0 Å². The molecule has 1 N–H and O–H groups in total. The molecule has 0 aromatic heterocycles. The van der Waals surface area contributed by atoms with E-state index in [1.165, 1.54) is 24.0 Å². The van der Waals surface area contributed by atoms with Crippen molar-refractivity contribution in [3.05, 3.63) is 34.9 Å². The first kappa shape index (κ1) is 15.1. The van der Waals surface area contributed by atoms with Gasteiger partial charge in [-0.3, -0.25) is 4.79 Å². The number of amides is 1. The SMILES string of the molecule is CC(C)C(NC(=O)c1ccc2c(c1)CCCC2)C(C)C. The largest absolute Gasteiger partial charge is 0.349 e. The molecule has 2 heteroatoms. The Hall–Kier alpha value is -1.31. The number of fused-ring (bicyclic) bond motifs is 1. The van der Waals surface area contributed by atoms with Gasteiger partial charge in [0, 0.05) is 11.6 Å². The summed E-state index contributed by atoms with van der Waals surface area (Å²) in [6, 6.07) is 6.46. The molecule has 0 heterocycles. The van der Waals surface area contributed by atoms with Gasteiger partial charge < -0.3 is 5.32 Å². The van der Waals surface area contributed by atoms with Gasteiger partial charge >= 0.3 is 0 Å². The standard InChI is InChI=1S/C18H27NO/c1-12(2)17(13(3)4)19-18(20)16-10-9-14-7-5-6-8-15(14)11-16/h9-13,17H,5-8H2,1-4H3,(H,19,20). The van der Waals surface area contributed by atoms with Crippen molar-refractivity contribution in [1.82, 2.24) is 5.32 Å². The molecule has 1 aliphatic carbocycles. The second kappa shape index (κ2) is 6.43. The van der Waals surface area contributed by atoms with Crippen molar-refractivity contribution in [3.63, 3.8) is 0 Å². The molecule has 0 saturated carbocycles. The fourth-order valence-corrected chi connectivity index (χ4v) is 3.21. The average Bonchev–Trinajstić information content (AvgIpc) is 2.43. The average molecular weight is 273 g/mol. The Morgan fingerprint density at radius 3 is 2.20 bits per heavy atom. The van der Waals surface area contributed by atoms with Crippen LogP contribution >= 0.6 is 0 Å². The molecule has 0 saturated heterocycles. The molecule has 0 aliphatic heterocycles. The second-order valence-electron chi connectivity index (χ2n) is 6.68. The third-order valence-corrected chi connectivity index (χ3v) is 4.34. The van der Waals surface area contributed by atoms with E-state index < -0.39 is 0 Å². The predicted octanol–water partition coefficient (Wildman–Crippen LogP) is 3.98. The van der Waals surface area contributed by atoms with Crippen LogP contribution in [0.15, 0.2) is 18.2 Å². The lowest BCUT2D eigenvalue weighted by Gasteiger charge is -2.26. The van der Waals surface area contributed by atoms with Gasteiger partial charge in [0.2, 0.25) is 0 Å². The van der Waals surface area contributed by atoms with Crippen molar-refractivity contribution in [2.75, 3.05) is 0 Å². The molecule has 1 aliphatic rings. The Morgan fingerprint density at radius 1 is 1.00 bits per heavy atom. The molecule has 0 spiro atoms. The quantitative estimate of drug-likeness (QED) is 0.883. The zero-order chi connectivity index (χ0) is 14.7. The van der Waals surface area contributed by atoms with Gasteiger partial charge in [0.05, 0.1) is 0 Å². The number of carbonyl (C=O) groups is 1. The molecule has 0 atom stereocenters. The number of hydrogen-bond donors (Lipinski definition) is 1. The maximum Gasteiger partial charge on any atom is 0.251 e. The highest BCUT2D eigenvalue weighted by atomic mass is 16.1. The molecule has 110 valence electrons. The summed E-state index contributed by atoms with van der Waals surface area (Å²) in [5, 5.41) is 3.20. The van der Waals surface area contributed by atoms with Crippen molar-refractivity contribution in [2.24, 2.45) is 11.8 Å². The van der Waals surface area contributed by atoms with Gasteiger partial charge in [-0.15, -0.1) is 0 Å². The Bertz CT molecular complexity index is 468. The maximum atomic E-state index is 12.4. The van der Waals surface area contributed by atoms with Gasteiger partial charge in [-0.25, -0.2) is 0 Å². The molecule has 0 bridgehead atoms. The minimum atomic E-state index is 0.0748. The lowest BCUT2D eigenvalue weighted by Crippen LogP contribution is -2.42. The zero-order valence-electron chi connectivity index (χ0n) is 13.2. The van der Waals surface area contributed by atoms with E-state index in [2.05, 4.69) is 45.1 Å². The fraction of sp³-hybridized carbons (Fsp3) is 0.611. The van der Waals surface area contributed by atoms with E-state index in [4.69, 9.17) is 0 Å². The number of nitrogens with one attached hydrogen (secondary N) is 1. The summed E-state index contributed by atoms with van der Waals surface area (Å²) in [5.74, 6) is 0.985. The van der Waals surface area contributed by atoms with Crippen LogP contribution in [0.2, 0.25) is 0 Å². The molecule has 0 fully saturated rings. The molecule has 0 radical (unpaired) electrons. The minimum absolute atomic E-state index is 0.0748. The monoisotopic (exact) mass is 273 g/mol. The summed E-state index contributed by atoms with van der Waals surface area (Å²) in [6.07, 6.45) is 4.81. The van der Waals surface area contributed by atoms with Crippen LogP contribution in [0.3, 0.4) is 0 Å². The molecule has 0 unspecified atom stereocenters. The summed E-state index contributed by atoms with van der Waals surface area (Å²) in [6.45, 7) is 8.66. The maximum absolute atomic E-state index is 12.4. The van der Waals surface area contributed by atoms with E-state index in [0.29, 0.717) is 11.8 Å². The number of rotatable bonds is 4. The van der Waals surface area contributed by atoms with Crippen LogP contribution < -0.4 is 5.32 Å². The lowest BCUT2D eigenvalue weighted by molar-refractivity contribution is 0.0910. The summed E-state index contributed by atoms with van der Waals surface area (Å²) in [7, 11) is 0. The Morgan fingerprint density at radius 2 is 1.60 bits per heavy atom. The van der Waals surface area contributed by atoms with Gasteiger partial charge in [0.25, 0.3) is 5.91 Å². The normalized spacial score (nSPS) is 14.8. The molecule has 1 aromatic rings. The van der Waals surface area contributed by atoms with Crippen molar-refractivity contribution >= 4 is 5.91 Å². The van der Waals surface area contributed by atoms with E-state index in [1.54, 1.807) is 0 Å². The van der Waals surface area contributed by atoms with Crippen LogP contribution in [0.1, 0.15) is 62.0 Å². The first-order valence-electron chi connectivity index (χ1n) is 7.91. The molecule has 2 nitrogen and oxygen atoms in total. The first-order chi connectivity index (χ1) is 9.49. The van der Waals surface area contributed by atoms with Crippen LogP contribution in [0.4, 0.5) is 0 Å². The summed E-state index contributed by atoms with van der Waals surface area (Å²) in [5.41, 5.74) is 3.61. The van der Waals surface area contributed by atoms with Crippen molar-refractivity contribution in [3.8, 4) is 0 Å². The van der Waals surface area contributed by atoms with E-state index >= 15 is 0 Å². The van der Waals surface area contributed by atoms with Crippen molar-refractivity contribution in [1.29, 1.82) is 0 Å². The van der Waals surface area contributed by atoms with Crippen LogP contribution in [0.5, 0.6) is 0 Å². The van der Waals surface area contributed by atoms with E-state index in [9.17, 15) is 4.79 Å². The van der Waals surface area contributed by atoms with Gasteiger partial charge in [0.1, 0.15) is 0 Å².